The van der Waals surface area contributed by atoms with Crippen molar-refractivity contribution in [1.29, 1.82) is 0 Å². The molecule has 0 fully saturated rings. The normalized spacial score (nSPS) is 10.7. The molecule has 0 atom stereocenters. The number of rotatable bonds is 5. The Balaban J connectivity index is 1.66. The Kier molecular flexibility index (Phi) is 3.54. The molecular formula is C16H16N2O2. The van der Waals surface area contributed by atoms with E-state index in [1.807, 2.05) is 48.5 Å². The summed E-state index contributed by atoms with van der Waals surface area (Å²) in [6.45, 7) is 0.786. The van der Waals surface area contributed by atoms with Crippen molar-refractivity contribution in [3.63, 3.8) is 0 Å². The molecule has 0 aliphatic rings. The van der Waals surface area contributed by atoms with Crippen molar-refractivity contribution in [3.8, 4) is 5.75 Å². The van der Waals surface area contributed by atoms with E-state index < -0.39 is 0 Å². The van der Waals surface area contributed by atoms with Gasteiger partial charge in [-0.05, 0) is 24.3 Å². The molecule has 102 valence electrons. The highest BCUT2D eigenvalue weighted by molar-refractivity contribution is 5.74. The second-order valence-electron chi connectivity index (χ2n) is 4.48. The van der Waals surface area contributed by atoms with Crippen LogP contribution in [-0.4, -0.2) is 18.6 Å². The van der Waals surface area contributed by atoms with Gasteiger partial charge in [0.2, 0.25) is 0 Å². The van der Waals surface area contributed by atoms with E-state index in [0.717, 1.165) is 41.4 Å². The van der Waals surface area contributed by atoms with Crippen molar-refractivity contribution in [3.05, 3.63) is 54.4 Å². The Bertz CT molecular complexity index is 692. The standard InChI is InChI=1S/C16H16N2O2/c1-19-13-7-8-15-14(11-13)18-16(20-15)9-10-17-12-5-3-2-4-6-12/h2-8,11,17H,9-10H2,1H3. The molecule has 0 bridgehead atoms. The monoisotopic (exact) mass is 268 g/mol. The minimum Gasteiger partial charge on any atom is -0.497 e. The molecule has 0 aliphatic carbocycles. The van der Waals surface area contributed by atoms with Gasteiger partial charge in [0.1, 0.15) is 11.3 Å². The summed E-state index contributed by atoms with van der Waals surface area (Å²) in [7, 11) is 1.64. The zero-order valence-corrected chi connectivity index (χ0v) is 11.3. The molecule has 4 nitrogen and oxygen atoms in total. The summed E-state index contributed by atoms with van der Waals surface area (Å²) in [5.41, 5.74) is 2.73. The lowest BCUT2D eigenvalue weighted by Crippen LogP contribution is -2.04. The topological polar surface area (TPSA) is 47.3 Å². The summed E-state index contributed by atoms with van der Waals surface area (Å²) in [6, 6.07) is 15.7. The first-order valence-electron chi connectivity index (χ1n) is 6.57. The van der Waals surface area contributed by atoms with Crippen molar-refractivity contribution in [2.24, 2.45) is 0 Å². The number of nitrogens with one attached hydrogen (secondary N) is 1. The molecule has 20 heavy (non-hydrogen) atoms. The number of para-hydroxylation sites is 1. The van der Waals surface area contributed by atoms with Crippen LogP contribution in [0.4, 0.5) is 5.69 Å². The average molecular weight is 268 g/mol. The fourth-order valence-corrected chi connectivity index (χ4v) is 2.06. The van der Waals surface area contributed by atoms with E-state index in [0.29, 0.717) is 0 Å². The van der Waals surface area contributed by atoms with Crippen LogP contribution in [0.15, 0.2) is 52.9 Å². The van der Waals surface area contributed by atoms with E-state index in [4.69, 9.17) is 9.15 Å². The maximum Gasteiger partial charge on any atom is 0.197 e. The average Bonchev–Trinajstić information content (AvgIpc) is 2.90. The molecule has 0 aliphatic heterocycles. The van der Waals surface area contributed by atoms with Crippen molar-refractivity contribution < 1.29 is 9.15 Å². The Hall–Kier alpha value is -2.49. The molecule has 3 aromatic rings. The van der Waals surface area contributed by atoms with E-state index in [9.17, 15) is 0 Å². The highest BCUT2D eigenvalue weighted by atomic mass is 16.5. The number of fused-ring (bicyclic) bond motifs is 1. The molecule has 0 saturated heterocycles. The Morgan fingerprint density at radius 1 is 1.15 bits per heavy atom. The third kappa shape index (κ3) is 2.74. The van der Waals surface area contributed by atoms with Crippen molar-refractivity contribution in [2.45, 2.75) is 6.42 Å². The van der Waals surface area contributed by atoms with Gasteiger partial charge in [0, 0.05) is 24.7 Å². The maximum atomic E-state index is 5.70. The smallest absolute Gasteiger partial charge is 0.197 e. The molecule has 2 aromatic carbocycles. The molecule has 3 rings (SSSR count). The third-order valence-corrected chi connectivity index (χ3v) is 3.08. The molecule has 0 saturated carbocycles. The predicted octanol–water partition coefficient (Wildman–Crippen LogP) is 3.49. The van der Waals surface area contributed by atoms with Gasteiger partial charge in [-0.2, -0.15) is 0 Å². The summed E-state index contributed by atoms with van der Waals surface area (Å²) in [6.07, 6.45) is 0.742. The number of methoxy groups -OCH3 is 1. The van der Waals surface area contributed by atoms with Gasteiger partial charge in [-0.15, -0.1) is 0 Å². The zero-order chi connectivity index (χ0) is 13.8. The van der Waals surface area contributed by atoms with Crippen LogP contribution in [0.5, 0.6) is 5.75 Å². The van der Waals surface area contributed by atoms with Crippen molar-refractivity contribution >= 4 is 16.8 Å². The van der Waals surface area contributed by atoms with Gasteiger partial charge in [0.15, 0.2) is 11.5 Å². The summed E-state index contributed by atoms with van der Waals surface area (Å²) in [4.78, 5) is 4.47. The van der Waals surface area contributed by atoms with Crippen LogP contribution in [0.3, 0.4) is 0 Å². The quantitative estimate of drug-likeness (QED) is 0.769. The molecule has 1 heterocycles. The van der Waals surface area contributed by atoms with E-state index in [1.54, 1.807) is 7.11 Å². The minimum absolute atomic E-state index is 0.733. The van der Waals surface area contributed by atoms with Gasteiger partial charge in [-0.25, -0.2) is 4.98 Å². The summed E-state index contributed by atoms with van der Waals surface area (Å²) in [5, 5.41) is 3.34. The number of hydrogen-bond donors (Lipinski definition) is 1. The van der Waals surface area contributed by atoms with Crippen LogP contribution in [0.25, 0.3) is 11.1 Å². The third-order valence-electron chi connectivity index (χ3n) is 3.08. The molecular weight excluding hydrogens is 252 g/mol. The second kappa shape index (κ2) is 5.65. The van der Waals surface area contributed by atoms with Crippen molar-refractivity contribution in [2.75, 3.05) is 19.0 Å². The van der Waals surface area contributed by atoms with Crippen LogP contribution in [0.1, 0.15) is 5.89 Å². The lowest BCUT2D eigenvalue weighted by Gasteiger charge is -2.03. The molecule has 0 amide bonds. The van der Waals surface area contributed by atoms with E-state index in [-0.39, 0.29) is 0 Å². The summed E-state index contributed by atoms with van der Waals surface area (Å²) in [5.74, 6) is 1.52. The van der Waals surface area contributed by atoms with Crippen LogP contribution >= 0.6 is 0 Å². The maximum absolute atomic E-state index is 5.70. The van der Waals surface area contributed by atoms with Gasteiger partial charge in [0.25, 0.3) is 0 Å². The fourth-order valence-electron chi connectivity index (χ4n) is 2.06. The zero-order valence-electron chi connectivity index (χ0n) is 11.3. The lowest BCUT2D eigenvalue weighted by atomic mass is 10.3. The lowest BCUT2D eigenvalue weighted by molar-refractivity contribution is 0.415. The number of oxazole rings is 1. The number of nitrogens with zero attached hydrogens (tertiary/aromatic N) is 1. The van der Waals surface area contributed by atoms with E-state index >= 15 is 0 Å². The van der Waals surface area contributed by atoms with Crippen LogP contribution < -0.4 is 10.1 Å². The first kappa shape index (κ1) is 12.5. The fraction of sp³-hybridized carbons (Fsp3) is 0.188. The van der Waals surface area contributed by atoms with Gasteiger partial charge < -0.3 is 14.5 Å². The molecule has 0 radical (unpaired) electrons. The highest BCUT2D eigenvalue weighted by Crippen LogP contribution is 2.21. The van der Waals surface area contributed by atoms with E-state index in [2.05, 4.69) is 10.3 Å². The molecule has 1 N–H and O–H groups in total. The van der Waals surface area contributed by atoms with Crippen LogP contribution in [-0.2, 0) is 6.42 Å². The predicted molar refractivity (Wildman–Crippen MR) is 79.2 cm³/mol. The molecule has 0 unspecified atom stereocenters. The van der Waals surface area contributed by atoms with Gasteiger partial charge in [0.05, 0.1) is 7.11 Å². The first-order valence-corrected chi connectivity index (χ1v) is 6.57. The minimum atomic E-state index is 0.733. The molecule has 0 spiro atoms. The number of ether oxygens (including phenoxy) is 1. The van der Waals surface area contributed by atoms with Crippen LogP contribution in [0, 0.1) is 0 Å². The van der Waals surface area contributed by atoms with Gasteiger partial charge in [-0.3, -0.25) is 0 Å². The van der Waals surface area contributed by atoms with Crippen LogP contribution in [0.2, 0.25) is 0 Å². The van der Waals surface area contributed by atoms with Gasteiger partial charge >= 0.3 is 0 Å². The van der Waals surface area contributed by atoms with Crippen molar-refractivity contribution in [1.82, 2.24) is 4.98 Å². The number of hydrogen-bond acceptors (Lipinski definition) is 4. The Morgan fingerprint density at radius 3 is 2.80 bits per heavy atom. The number of benzene rings is 2. The molecule has 1 aromatic heterocycles. The SMILES string of the molecule is COc1ccc2oc(CCNc3ccccc3)nc2c1. The Labute approximate surface area is 117 Å². The van der Waals surface area contributed by atoms with E-state index in [1.165, 1.54) is 0 Å². The largest absolute Gasteiger partial charge is 0.497 e. The number of anilines is 1. The van der Waals surface area contributed by atoms with Gasteiger partial charge in [-0.1, -0.05) is 18.2 Å². The second-order valence-corrected chi connectivity index (χ2v) is 4.48. The Morgan fingerprint density at radius 2 is 2.00 bits per heavy atom. The first-order chi connectivity index (χ1) is 9.85. The molecule has 4 heteroatoms. The highest BCUT2D eigenvalue weighted by Gasteiger charge is 2.06. The summed E-state index contributed by atoms with van der Waals surface area (Å²) >= 11 is 0. The number of aromatic nitrogens is 1. The summed E-state index contributed by atoms with van der Waals surface area (Å²) < 4.78 is 10.9.